The van der Waals surface area contributed by atoms with Crippen LogP contribution < -0.4 is 5.43 Å². The second-order valence-corrected chi connectivity index (χ2v) is 5.54. The summed E-state index contributed by atoms with van der Waals surface area (Å²) in [6.07, 6.45) is 1.48. The summed E-state index contributed by atoms with van der Waals surface area (Å²) in [4.78, 5) is 12.1. The van der Waals surface area contributed by atoms with Gasteiger partial charge in [0.1, 0.15) is 12.1 Å². The lowest BCUT2D eigenvalue weighted by Gasteiger charge is -2.06. The van der Waals surface area contributed by atoms with Gasteiger partial charge in [0.2, 0.25) is 0 Å². The number of amides is 1. The molecular formula is C16H13ClN6O2. The number of hydrogen-bond donors (Lipinski definition) is 2. The van der Waals surface area contributed by atoms with Crippen molar-refractivity contribution in [1.29, 1.82) is 0 Å². The molecule has 0 spiro atoms. The Balaban J connectivity index is 1.79. The van der Waals surface area contributed by atoms with Gasteiger partial charge in [0, 0.05) is 5.02 Å². The van der Waals surface area contributed by atoms with Gasteiger partial charge >= 0.3 is 0 Å². The van der Waals surface area contributed by atoms with Crippen LogP contribution in [0.3, 0.4) is 0 Å². The van der Waals surface area contributed by atoms with E-state index in [4.69, 9.17) is 11.6 Å². The fourth-order valence-corrected chi connectivity index (χ4v) is 2.27. The highest BCUT2D eigenvalue weighted by molar-refractivity contribution is 6.31. The summed E-state index contributed by atoms with van der Waals surface area (Å²) in [7, 11) is 0. The molecule has 0 saturated heterocycles. The second kappa shape index (κ2) is 7.10. The number of benzene rings is 2. The van der Waals surface area contributed by atoms with Crippen LogP contribution >= 0.6 is 11.6 Å². The number of aromatic nitrogens is 4. The van der Waals surface area contributed by atoms with E-state index < -0.39 is 5.91 Å². The zero-order valence-corrected chi connectivity index (χ0v) is 13.8. The van der Waals surface area contributed by atoms with E-state index in [1.165, 1.54) is 29.2 Å². The van der Waals surface area contributed by atoms with Crippen molar-refractivity contribution in [1.82, 2.24) is 25.6 Å². The molecule has 0 bridgehead atoms. The third-order valence-corrected chi connectivity index (χ3v) is 3.64. The monoisotopic (exact) mass is 356 g/mol. The number of aromatic hydroxyl groups is 1. The zero-order chi connectivity index (χ0) is 17.8. The van der Waals surface area contributed by atoms with Gasteiger partial charge in [0.15, 0.2) is 0 Å². The summed E-state index contributed by atoms with van der Waals surface area (Å²) in [5.41, 5.74) is 4.57. The van der Waals surface area contributed by atoms with Gasteiger partial charge in [0.05, 0.1) is 17.0 Å². The average Bonchev–Trinajstić information content (AvgIpc) is 3.16. The molecule has 1 heterocycles. The van der Waals surface area contributed by atoms with E-state index in [1.54, 1.807) is 6.92 Å². The van der Waals surface area contributed by atoms with Crippen molar-refractivity contribution in [2.75, 3.05) is 0 Å². The number of hydrazone groups is 1. The van der Waals surface area contributed by atoms with Gasteiger partial charge < -0.3 is 5.11 Å². The molecular weight excluding hydrogens is 344 g/mol. The first kappa shape index (κ1) is 16.6. The van der Waals surface area contributed by atoms with Gasteiger partial charge in [-0.2, -0.15) is 5.10 Å². The zero-order valence-electron chi connectivity index (χ0n) is 13.1. The number of rotatable bonds is 4. The number of tetrazole rings is 1. The molecule has 0 aliphatic rings. The van der Waals surface area contributed by atoms with Crippen molar-refractivity contribution in [3.63, 3.8) is 0 Å². The van der Waals surface area contributed by atoms with E-state index in [1.807, 2.05) is 24.3 Å². The minimum Gasteiger partial charge on any atom is -0.507 e. The van der Waals surface area contributed by atoms with Crippen LogP contribution in [0, 0.1) is 0 Å². The number of phenols is 1. The molecule has 0 aliphatic carbocycles. The predicted octanol–water partition coefficient (Wildman–Crippen LogP) is 2.18. The number of carbonyl (C=O) groups excluding carboxylic acids is 1. The molecule has 8 nitrogen and oxygen atoms in total. The van der Waals surface area contributed by atoms with Gasteiger partial charge in [-0.1, -0.05) is 23.7 Å². The normalized spacial score (nSPS) is 11.4. The maximum Gasteiger partial charge on any atom is 0.275 e. The molecule has 0 fully saturated rings. The Hall–Kier alpha value is -3.26. The third kappa shape index (κ3) is 3.81. The molecule has 1 aromatic heterocycles. The van der Waals surface area contributed by atoms with Crippen LogP contribution in [-0.2, 0) is 0 Å². The average molecular weight is 357 g/mol. The summed E-state index contributed by atoms with van der Waals surface area (Å²) in [6.45, 7) is 1.75. The Kier molecular flexibility index (Phi) is 4.71. The lowest BCUT2D eigenvalue weighted by atomic mass is 10.1. The van der Waals surface area contributed by atoms with Crippen LogP contribution in [0.5, 0.6) is 5.75 Å². The fraction of sp³-hybridized carbons (Fsp3) is 0.0625. The number of halogens is 1. The molecule has 3 aromatic rings. The molecule has 1 amide bonds. The van der Waals surface area contributed by atoms with Crippen LogP contribution in [0.25, 0.3) is 5.69 Å². The molecule has 2 N–H and O–H groups in total. The van der Waals surface area contributed by atoms with Crippen molar-refractivity contribution in [2.45, 2.75) is 6.92 Å². The van der Waals surface area contributed by atoms with E-state index in [2.05, 4.69) is 26.1 Å². The smallest absolute Gasteiger partial charge is 0.275 e. The first-order valence-electron chi connectivity index (χ1n) is 7.21. The maximum atomic E-state index is 12.1. The Bertz CT molecular complexity index is 940. The van der Waals surface area contributed by atoms with Crippen molar-refractivity contribution in [2.24, 2.45) is 5.10 Å². The Labute approximate surface area is 147 Å². The van der Waals surface area contributed by atoms with Crippen molar-refractivity contribution in [3.8, 4) is 11.4 Å². The number of carbonyl (C=O) groups is 1. The molecule has 25 heavy (non-hydrogen) atoms. The van der Waals surface area contributed by atoms with Gasteiger partial charge in [-0.05, 0) is 53.2 Å². The number of nitrogens with zero attached hydrogens (tertiary/aromatic N) is 5. The second-order valence-electron chi connectivity index (χ2n) is 5.10. The topological polar surface area (TPSA) is 105 Å². The fourth-order valence-electron chi connectivity index (χ4n) is 2.10. The molecule has 0 radical (unpaired) electrons. The Morgan fingerprint density at radius 3 is 2.88 bits per heavy atom. The first-order valence-corrected chi connectivity index (χ1v) is 7.59. The summed E-state index contributed by atoms with van der Waals surface area (Å²) in [5.74, 6) is -0.730. The van der Waals surface area contributed by atoms with Gasteiger partial charge in [-0.15, -0.1) is 5.10 Å². The molecule has 0 saturated carbocycles. The van der Waals surface area contributed by atoms with Gasteiger partial charge in [0.25, 0.3) is 5.91 Å². The van der Waals surface area contributed by atoms with E-state index in [0.717, 1.165) is 11.3 Å². The lowest BCUT2D eigenvalue weighted by Crippen LogP contribution is -2.19. The van der Waals surface area contributed by atoms with E-state index in [0.29, 0.717) is 10.7 Å². The van der Waals surface area contributed by atoms with Gasteiger partial charge in [-0.25, -0.2) is 10.1 Å². The van der Waals surface area contributed by atoms with Crippen molar-refractivity contribution >= 4 is 23.2 Å². The summed E-state index contributed by atoms with van der Waals surface area (Å²) in [5, 5.41) is 25.2. The lowest BCUT2D eigenvalue weighted by molar-refractivity contribution is 0.0952. The standard InChI is InChI=1S/C16H13ClN6O2/c1-10(11-3-2-4-13(7-11)23-9-18-21-22-23)19-20-16(25)14-8-12(17)5-6-15(14)24/h2-9,24H,1H3,(H,20,25)/b19-10-. The molecule has 2 aromatic carbocycles. The van der Waals surface area contributed by atoms with Crippen LogP contribution in [0.2, 0.25) is 5.02 Å². The van der Waals surface area contributed by atoms with E-state index in [-0.39, 0.29) is 11.3 Å². The molecule has 0 unspecified atom stereocenters. The molecule has 0 atom stereocenters. The highest BCUT2D eigenvalue weighted by Crippen LogP contribution is 2.21. The number of phenolic OH excluding ortho intramolecular Hbond substituents is 1. The summed E-state index contributed by atoms with van der Waals surface area (Å²) >= 11 is 5.84. The Morgan fingerprint density at radius 2 is 2.12 bits per heavy atom. The molecule has 0 aliphatic heterocycles. The van der Waals surface area contributed by atoms with Crippen LogP contribution in [-0.4, -0.2) is 36.9 Å². The van der Waals surface area contributed by atoms with Crippen molar-refractivity contribution < 1.29 is 9.90 Å². The quantitative estimate of drug-likeness (QED) is 0.550. The van der Waals surface area contributed by atoms with Crippen LogP contribution in [0.15, 0.2) is 53.9 Å². The number of nitrogens with one attached hydrogen (secondary N) is 1. The minimum atomic E-state index is -0.559. The molecule has 9 heteroatoms. The van der Waals surface area contributed by atoms with Crippen molar-refractivity contribution in [3.05, 3.63) is 64.9 Å². The van der Waals surface area contributed by atoms with Crippen LogP contribution in [0.4, 0.5) is 0 Å². The highest BCUT2D eigenvalue weighted by Gasteiger charge is 2.11. The van der Waals surface area contributed by atoms with Crippen LogP contribution in [0.1, 0.15) is 22.8 Å². The van der Waals surface area contributed by atoms with E-state index in [9.17, 15) is 9.90 Å². The third-order valence-electron chi connectivity index (χ3n) is 3.41. The highest BCUT2D eigenvalue weighted by atomic mass is 35.5. The maximum absolute atomic E-state index is 12.1. The molecule has 126 valence electrons. The minimum absolute atomic E-state index is 0.0477. The summed E-state index contributed by atoms with van der Waals surface area (Å²) < 4.78 is 1.51. The Morgan fingerprint density at radius 1 is 1.28 bits per heavy atom. The largest absolute Gasteiger partial charge is 0.507 e. The predicted molar refractivity (Wildman–Crippen MR) is 91.9 cm³/mol. The molecule has 3 rings (SSSR count). The SMILES string of the molecule is C/C(=N/NC(=O)c1cc(Cl)ccc1O)c1cccc(-n2cnnn2)c1. The number of hydrogen-bond acceptors (Lipinski definition) is 6. The van der Waals surface area contributed by atoms with E-state index >= 15 is 0 Å². The summed E-state index contributed by atoms with van der Waals surface area (Å²) in [6, 6.07) is 11.6. The van der Waals surface area contributed by atoms with Gasteiger partial charge in [-0.3, -0.25) is 4.79 Å². The first-order chi connectivity index (χ1) is 12.0.